The van der Waals surface area contributed by atoms with Gasteiger partial charge in [0.1, 0.15) is 6.04 Å². The molecule has 0 radical (unpaired) electrons. The first-order valence-electron chi connectivity index (χ1n) is 11.4. The molecule has 6 heterocycles. The van der Waals surface area contributed by atoms with E-state index in [1.54, 1.807) is 29.1 Å². The maximum absolute atomic E-state index is 13.9. The fraction of sp³-hybridized carbons (Fsp3) is 0.333. The molecule has 0 spiro atoms. The molecule has 9 nitrogen and oxygen atoms in total. The van der Waals surface area contributed by atoms with Gasteiger partial charge in [0.2, 0.25) is 0 Å². The molecule has 2 aliphatic rings. The van der Waals surface area contributed by atoms with Gasteiger partial charge in [0.05, 0.1) is 59.1 Å². The Morgan fingerprint density at radius 3 is 2.89 bits per heavy atom. The number of nitrogens with zero attached hydrogens (tertiary/aromatic N) is 6. The molecule has 1 N–H and O–H groups in total. The summed E-state index contributed by atoms with van der Waals surface area (Å²) in [5.74, 6) is -0.275. The van der Waals surface area contributed by atoms with Crippen molar-refractivity contribution in [3.63, 3.8) is 0 Å². The molecule has 36 heavy (non-hydrogen) atoms. The quantitative estimate of drug-likeness (QED) is 0.468. The van der Waals surface area contributed by atoms with Gasteiger partial charge in [0.15, 0.2) is 0 Å². The van der Waals surface area contributed by atoms with E-state index in [2.05, 4.69) is 20.5 Å². The van der Waals surface area contributed by atoms with Crippen molar-refractivity contribution in [1.82, 2.24) is 29.4 Å². The maximum Gasteiger partial charge on any atom is 0.418 e. The van der Waals surface area contributed by atoms with Gasteiger partial charge in [0.25, 0.3) is 5.91 Å². The highest BCUT2D eigenvalue weighted by molar-refractivity contribution is 6.01. The van der Waals surface area contributed by atoms with E-state index in [9.17, 15) is 18.0 Å². The van der Waals surface area contributed by atoms with Crippen LogP contribution < -0.4 is 5.32 Å². The normalized spacial score (nSPS) is 21.8. The van der Waals surface area contributed by atoms with Gasteiger partial charge in [-0.15, -0.1) is 0 Å². The predicted molar refractivity (Wildman–Crippen MR) is 124 cm³/mol. The van der Waals surface area contributed by atoms with Crippen LogP contribution >= 0.6 is 0 Å². The number of amides is 1. The average Bonchev–Trinajstić information content (AvgIpc) is 3.59. The van der Waals surface area contributed by atoms with Crippen LogP contribution in [0.4, 0.5) is 13.2 Å². The number of halogens is 3. The Morgan fingerprint density at radius 2 is 2.08 bits per heavy atom. The van der Waals surface area contributed by atoms with Crippen molar-refractivity contribution in [2.24, 2.45) is 4.99 Å². The van der Waals surface area contributed by atoms with E-state index in [0.717, 1.165) is 11.6 Å². The number of methoxy groups -OCH3 is 1. The summed E-state index contributed by atoms with van der Waals surface area (Å²) >= 11 is 0. The first kappa shape index (κ1) is 22.5. The largest absolute Gasteiger partial charge is 0.418 e. The van der Waals surface area contributed by atoms with Crippen LogP contribution in [0.25, 0.3) is 11.0 Å². The smallest absolute Gasteiger partial charge is 0.380 e. The summed E-state index contributed by atoms with van der Waals surface area (Å²) < 4.78 is 48.9. The molecule has 1 saturated heterocycles. The highest BCUT2D eigenvalue weighted by atomic mass is 19.4. The second kappa shape index (κ2) is 8.33. The number of aromatic nitrogens is 4. The number of fused-ring (bicyclic) bond motifs is 3. The topological polar surface area (TPSA) is 88.5 Å². The van der Waals surface area contributed by atoms with E-state index in [0.29, 0.717) is 36.3 Å². The average molecular weight is 497 g/mol. The molecule has 0 bridgehead atoms. The Labute approximate surface area is 203 Å². The zero-order valence-electron chi connectivity index (χ0n) is 19.2. The lowest BCUT2D eigenvalue weighted by Gasteiger charge is -2.40. The van der Waals surface area contributed by atoms with Crippen molar-refractivity contribution in [3.8, 4) is 0 Å². The number of hydrogen-bond acceptors (Lipinski definition) is 6. The summed E-state index contributed by atoms with van der Waals surface area (Å²) in [7, 11) is 1.60. The molecule has 1 amide bonds. The summed E-state index contributed by atoms with van der Waals surface area (Å²) in [4.78, 5) is 20.0. The molecule has 4 aromatic rings. The van der Waals surface area contributed by atoms with Gasteiger partial charge in [-0.1, -0.05) is 6.07 Å². The van der Waals surface area contributed by atoms with E-state index in [4.69, 9.17) is 4.74 Å². The van der Waals surface area contributed by atoms with Gasteiger partial charge in [-0.25, -0.2) is 9.03 Å². The zero-order valence-corrected chi connectivity index (χ0v) is 19.2. The van der Waals surface area contributed by atoms with E-state index < -0.39 is 17.8 Å². The Morgan fingerprint density at radius 1 is 1.22 bits per heavy atom. The van der Waals surface area contributed by atoms with Crippen LogP contribution in [0.5, 0.6) is 0 Å². The first-order valence-corrected chi connectivity index (χ1v) is 11.4. The molecular formula is C24H22F3N7O2. The number of carbonyl (C=O) groups is 1. The van der Waals surface area contributed by atoms with Crippen LogP contribution in [-0.4, -0.2) is 62.1 Å². The number of pyridine rings is 2. The summed E-state index contributed by atoms with van der Waals surface area (Å²) in [5, 5.41) is 12.0. The Bertz CT molecular complexity index is 1490. The van der Waals surface area contributed by atoms with Crippen LogP contribution in [0.15, 0.2) is 53.9 Å². The van der Waals surface area contributed by atoms with Crippen LogP contribution in [0.1, 0.15) is 39.6 Å². The van der Waals surface area contributed by atoms with Crippen LogP contribution in [0.3, 0.4) is 0 Å². The van der Waals surface area contributed by atoms with E-state index in [-0.39, 0.29) is 23.5 Å². The molecule has 0 saturated carbocycles. The molecule has 3 atom stereocenters. The molecule has 186 valence electrons. The first-order chi connectivity index (χ1) is 17.3. The third-order valence-corrected chi connectivity index (χ3v) is 6.80. The Kier molecular flexibility index (Phi) is 5.21. The molecule has 4 aromatic heterocycles. The van der Waals surface area contributed by atoms with E-state index >= 15 is 0 Å². The number of piperidine rings is 1. The lowest BCUT2D eigenvalue weighted by Crippen LogP contribution is -2.52. The predicted octanol–water partition coefficient (Wildman–Crippen LogP) is 3.10. The number of ether oxygens (including phenoxy) is 1. The number of likely N-dealkylation sites (tertiary alicyclic amines) is 1. The third-order valence-electron chi connectivity index (χ3n) is 6.80. The van der Waals surface area contributed by atoms with Gasteiger partial charge >= 0.3 is 6.18 Å². The summed E-state index contributed by atoms with van der Waals surface area (Å²) in [6, 6.07) is 6.37. The van der Waals surface area contributed by atoms with Crippen molar-refractivity contribution in [1.29, 1.82) is 0 Å². The molecule has 2 aliphatic heterocycles. The number of carbonyl (C=O) groups excluding carboxylic acids is 1. The molecule has 0 aliphatic carbocycles. The summed E-state index contributed by atoms with van der Waals surface area (Å²) in [6.45, 7) is 0.801. The van der Waals surface area contributed by atoms with Gasteiger partial charge in [-0.2, -0.15) is 23.4 Å². The fourth-order valence-electron chi connectivity index (χ4n) is 5.16. The second-order valence-corrected chi connectivity index (χ2v) is 8.95. The van der Waals surface area contributed by atoms with Crippen molar-refractivity contribution in [2.45, 2.75) is 37.3 Å². The number of alkyl halides is 3. The van der Waals surface area contributed by atoms with Gasteiger partial charge in [0, 0.05) is 26.0 Å². The number of aliphatic imine (C=N–C) groups is 1. The monoisotopic (exact) mass is 497 g/mol. The van der Waals surface area contributed by atoms with Crippen LogP contribution in [-0.2, 0) is 17.5 Å². The third kappa shape index (κ3) is 3.60. The summed E-state index contributed by atoms with van der Waals surface area (Å²) in [6.07, 6.45) is 2.49. The molecule has 1 fully saturated rings. The van der Waals surface area contributed by atoms with E-state index in [1.807, 2.05) is 12.1 Å². The minimum atomic E-state index is -4.53. The van der Waals surface area contributed by atoms with Crippen molar-refractivity contribution < 1.29 is 22.7 Å². The van der Waals surface area contributed by atoms with Crippen molar-refractivity contribution in [3.05, 3.63) is 71.3 Å². The van der Waals surface area contributed by atoms with Gasteiger partial charge < -0.3 is 15.0 Å². The number of hydrogen-bond donors (Lipinski definition) is 1. The minimum absolute atomic E-state index is 0.0357. The van der Waals surface area contributed by atoms with Crippen molar-refractivity contribution in [2.75, 3.05) is 13.7 Å². The van der Waals surface area contributed by atoms with Crippen molar-refractivity contribution >= 4 is 23.3 Å². The standard InChI is InChI=1S/C24H22F3N7O2/c1-36-12-14-4-5-19-15(10-30-34(19)11-14)23(35)32-8-6-17-21(29-13-28-17)22(32)18-9-20-16(24(25,26)27)3-2-7-33(20)31-18/h2-5,7,9-11,13,17,21-22H,6,8,12H2,1H3,(H,28,29)/t17?,21?,22-/m1/s1. The lowest BCUT2D eigenvalue weighted by molar-refractivity contribution is -0.136. The maximum atomic E-state index is 13.9. The molecular weight excluding hydrogens is 475 g/mol. The van der Waals surface area contributed by atoms with Gasteiger partial charge in [-0.05, 0) is 36.2 Å². The molecule has 0 aromatic carbocycles. The lowest BCUT2D eigenvalue weighted by atomic mass is 9.89. The van der Waals surface area contributed by atoms with Crippen LogP contribution in [0.2, 0.25) is 0 Å². The molecule has 12 heteroatoms. The summed E-state index contributed by atoms with van der Waals surface area (Å²) in [5.41, 5.74) is 1.44. The molecule has 2 unspecified atom stereocenters. The number of nitrogens with one attached hydrogen (secondary N) is 1. The minimum Gasteiger partial charge on any atom is -0.380 e. The van der Waals surface area contributed by atoms with E-state index in [1.165, 1.54) is 29.0 Å². The van der Waals surface area contributed by atoms with Gasteiger partial charge in [-0.3, -0.25) is 9.79 Å². The second-order valence-electron chi connectivity index (χ2n) is 8.95. The highest BCUT2D eigenvalue weighted by Gasteiger charge is 2.45. The fourth-order valence-corrected chi connectivity index (χ4v) is 5.16. The highest BCUT2D eigenvalue weighted by Crippen LogP contribution is 2.38. The SMILES string of the molecule is COCc1ccc2c(C(=O)N3CCC4NC=NC4[C@H]3c3cc4c(C(F)(F)F)cccn4n3)cnn2c1. The Hall–Kier alpha value is -3.93. The number of rotatable bonds is 4. The van der Waals surface area contributed by atoms with Crippen LogP contribution in [0, 0.1) is 0 Å². The molecule has 6 rings (SSSR count). The zero-order chi connectivity index (χ0) is 25.0. The Balaban J connectivity index is 1.43.